The molecule has 3 rings (SSSR count). The van der Waals surface area contributed by atoms with Crippen molar-refractivity contribution in [3.05, 3.63) is 0 Å². The molecular formula is C14H21N3O4. The summed E-state index contributed by atoms with van der Waals surface area (Å²) < 4.78 is 0. The Kier molecular flexibility index (Phi) is 3.20. The molecule has 0 aromatic heterocycles. The Labute approximate surface area is 123 Å². The molecule has 0 aromatic rings. The first-order chi connectivity index (χ1) is 9.79. The number of fused-ring (bicyclic) bond motifs is 1. The first kappa shape index (κ1) is 14.3. The van der Waals surface area contributed by atoms with Gasteiger partial charge in [0.1, 0.15) is 12.1 Å². The number of amides is 4. The number of carbonyl (C=O) groups excluding carboxylic acids is 3. The van der Waals surface area contributed by atoms with Gasteiger partial charge in [0.2, 0.25) is 5.91 Å². The highest BCUT2D eigenvalue weighted by Gasteiger charge is 2.47. The minimum absolute atomic E-state index is 0.147. The normalized spacial score (nSPS) is 34.3. The fraction of sp³-hybridized carbons (Fsp3) is 0.786. The average Bonchev–Trinajstić information content (AvgIpc) is 3.01. The minimum atomic E-state index is -0.949. The minimum Gasteiger partial charge on any atom is -0.393 e. The molecule has 2 aliphatic heterocycles. The molecule has 2 saturated heterocycles. The van der Waals surface area contributed by atoms with Crippen molar-refractivity contribution in [1.29, 1.82) is 0 Å². The van der Waals surface area contributed by atoms with Gasteiger partial charge >= 0.3 is 6.03 Å². The molecule has 0 spiro atoms. The molecule has 3 fully saturated rings. The number of hydrogen-bond acceptors (Lipinski definition) is 4. The van der Waals surface area contributed by atoms with E-state index >= 15 is 0 Å². The van der Waals surface area contributed by atoms with Crippen molar-refractivity contribution < 1.29 is 19.5 Å². The average molecular weight is 295 g/mol. The zero-order chi connectivity index (χ0) is 15.4. The number of hydrogen-bond donors (Lipinski definition) is 2. The summed E-state index contributed by atoms with van der Waals surface area (Å²) in [7, 11) is 0. The molecule has 116 valence electrons. The van der Waals surface area contributed by atoms with E-state index in [0.29, 0.717) is 19.0 Å². The number of aliphatic hydroxyl groups excluding tert-OH is 1. The highest BCUT2D eigenvalue weighted by Crippen LogP contribution is 2.38. The summed E-state index contributed by atoms with van der Waals surface area (Å²) in [6.07, 6.45) is 1.41. The van der Waals surface area contributed by atoms with E-state index in [9.17, 15) is 19.5 Å². The highest BCUT2D eigenvalue weighted by molar-refractivity contribution is 6.08. The molecule has 1 aliphatic carbocycles. The first-order valence-electron chi connectivity index (χ1n) is 7.39. The van der Waals surface area contributed by atoms with Gasteiger partial charge in [-0.1, -0.05) is 0 Å². The Morgan fingerprint density at radius 2 is 2.05 bits per heavy atom. The van der Waals surface area contributed by atoms with E-state index < -0.39 is 11.6 Å². The van der Waals surface area contributed by atoms with Crippen molar-refractivity contribution in [3.8, 4) is 0 Å². The second kappa shape index (κ2) is 4.69. The quantitative estimate of drug-likeness (QED) is 0.675. The second-order valence-corrected chi connectivity index (χ2v) is 6.81. The molecule has 3 aliphatic rings. The molecule has 2 heterocycles. The van der Waals surface area contributed by atoms with E-state index in [0.717, 1.165) is 17.7 Å². The van der Waals surface area contributed by atoms with Crippen molar-refractivity contribution in [3.63, 3.8) is 0 Å². The smallest absolute Gasteiger partial charge is 0.325 e. The van der Waals surface area contributed by atoms with Crippen LogP contribution in [0.4, 0.5) is 4.79 Å². The summed E-state index contributed by atoms with van der Waals surface area (Å²) in [5, 5.41) is 12.4. The number of imide groups is 1. The van der Waals surface area contributed by atoms with Crippen LogP contribution in [-0.2, 0) is 9.59 Å². The van der Waals surface area contributed by atoms with E-state index in [-0.39, 0.29) is 30.4 Å². The van der Waals surface area contributed by atoms with Crippen LogP contribution in [0.3, 0.4) is 0 Å². The zero-order valence-corrected chi connectivity index (χ0v) is 12.3. The van der Waals surface area contributed by atoms with Gasteiger partial charge in [-0.3, -0.25) is 14.5 Å². The summed E-state index contributed by atoms with van der Waals surface area (Å²) in [6, 6.07) is -0.516. The number of likely N-dealkylation sites (tertiary alicyclic amines) is 1. The lowest BCUT2D eigenvalue weighted by Gasteiger charge is -2.21. The number of nitrogens with zero attached hydrogens (tertiary/aromatic N) is 2. The van der Waals surface area contributed by atoms with E-state index in [1.807, 2.05) is 0 Å². The van der Waals surface area contributed by atoms with Gasteiger partial charge in [0.25, 0.3) is 5.91 Å². The lowest BCUT2D eigenvalue weighted by Crippen LogP contribution is -2.44. The molecule has 4 amide bonds. The van der Waals surface area contributed by atoms with Crippen LogP contribution in [0.2, 0.25) is 0 Å². The topological polar surface area (TPSA) is 90.0 Å². The van der Waals surface area contributed by atoms with Crippen LogP contribution in [0.15, 0.2) is 0 Å². The van der Waals surface area contributed by atoms with E-state index in [1.165, 1.54) is 0 Å². The third kappa shape index (κ3) is 2.29. The largest absolute Gasteiger partial charge is 0.393 e. The molecule has 3 unspecified atom stereocenters. The van der Waals surface area contributed by atoms with Gasteiger partial charge in [-0.25, -0.2) is 4.79 Å². The molecule has 3 atom stereocenters. The van der Waals surface area contributed by atoms with Gasteiger partial charge in [-0.05, 0) is 32.6 Å². The number of nitrogens with one attached hydrogen (secondary N) is 1. The summed E-state index contributed by atoms with van der Waals surface area (Å²) >= 11 is 0. The van der Waals surface area contributed by atoms with Crippen LogP contribution in [0.1, 0.15) is 26.7 Å². The SMILES string of the molecule is CC1(C)NC(=O)N(CC(=O)N2CC3CCC(O)C3C2)C1=O. The van der Waals surface area contributed by atoms with Gasteiger partial charge in [0.05, 0.1) is 6.10 Å². The maximum atomic E-state index is 12.3. The maximum Gasteiger partial charge on any atom is 0.325 e. The van der Waals surface area contributed by atoms with Gasteiger partial charge in [-0.2, -0.15) is 0 Å². The highest BCUT2D eigenvalue weighted by atomic mass is 16.3. The van der Waals surface area contributed by atoms with Crippen molar-refractivity contribution >= 4 is 17.8 Å². The van der Waals surface area contributed by atoms with Crippen LogP contribution in [0.25, 0.3) is 0 Å². The van der Waals surface area contributed by atoms with Crippen LogP contribution >= 0.6 is 0 Å². The zero-order valence-electron chi connectivity index (χ0n) is 12.3. The van der Waals surface area contributed by atoms with Gasteiger partial charge < -0.3 is 15.3 Å². The predicted octanol–water partition coefficient (Wildman–Crippen LogP) is -0.454. The molecule has 0 bridgehead atoms. The summed E-state index contributed by atoms with van der Waals surface area (Å²) in [5.74, 6) is -0.102. The molecule has 0 aromatic carbocycles. The third-order valence-corrected chi connectivity index (χ3v) is 4.91. The molecule has 2 N–H and O–H groups in total. The van der Waals surface area contributed by atoms with Crippen molar-refractivity contribution in [2.75, 3.05) is 19.6 Å². The third-order valence-electron chi connectivity index (χ3n) is 4.91. The standard InChI is InChI=1S/C14H21N3O4/c1-14(2)12(20)17(13(21)15-14)7-11(19)16-5-8-3-4-10(18)9(8)6-16/h8-10,18H,3-7H2,1-2H3,(H,15,21). The van der Waals surface area contributed by atoms with Crippen LogP contribution in [0, 0.1) is 11.8 Å². The van der Waals surface area contributed by atoms with Crippen LogP contribution in [-0.4, -0.2) is 64.0 Å². The molecule has 7 nitrogen and oxygen atoms in total. The fourth-order valence-electron chi connectivity index (χ4n) is 3.64. The Morgan fingerprint density at radius 3 is 2.62 bits per heavy atom. The lowest BCUT2D eigenvalue weighted by atomic mass is 10.00. The molecule has 7 heteroatoms. The van der Waals surface area contributed by atoms with Crippen molar-refractivity contribution in [2.24, 2.45) is 11.8 Å². The number of rotatable bonds is 2. The van der Waals surface area contributed by atoms with E-state index in [2.05, 4.69) is 5.32 Å². The molecular weight excluding hydrogens is 274 g/mol. The monoisotopic (exact) mass is 295 g/mol. The lowest BCUT2D eigenvalue weighted by molar-refractivity contribution is -0.138. The second-order valence-electron chi connectivity index (χ2n) is 6.81. The summed E-state index contributed by atoms with van der Waals surface area (Å²) in [6.45, 7) is 4.16. The predicted molar refractivity (Wildman–Crippen MR) is 73.1 cm³/mol. The van der Waals surface area contributed by atoms with E-state index in [4.69, 9.17) is 0 Å². The Morgan fingerprint density at radius 1 is 1.33 bits per heavy atom. The summed E-state index contributed by atoms with van der Waals surface area (Å²) in [4.78, 5) is 38.8. The number of carbonyl (C=O) groups is 3. The fourth-order valence-corrected chi connectivity index (χ4v) is 3.64. The van der Waals surface area contributed by atoms with Gasteiger partial charge in [0.15, 0.2) is 0 Å². The first-order valence-corrected chi connectivity index (χ1v) is 7.39. The maximum absolute atomic E-state index is 12.3. The molecule has 21 heavy (non-hydrogen) atoms. The number of urea groups is 1. The Bertz CT molecular complexity index is 504. The van der Waals surface area contributed by atoms with Gasteiger partial charge in [-0.15, -0.1) is 0 Å². The number of aliphatic hydroxyl groups is 1. The summed E-state index contributed by atoms with van der Waals surface area (Å²) in [5.41, 5.74) is -0.949. The van der Waals surface area contributed by atoms with Gasteiger partial charge in [0, 0.05) is 19.0 Å². The van der Waals surface area contributed by atoms with Crippen LogP contribution in [0.5, 0.6) is 0 Å². The molecule has 1 saturated carbocycles. The van der Waals surface area contributed by atoms with E-state index in [1.54, 1.807) is 18.7 Å². The Hall–Kier alpha value is -1.63. The van der Waals surface area contributed by atoms with Crippen molar-refractivity contribution in [1.82, 2.24) is 15.1 Å². The van der Waals surface area contributed by atoms with Crippen LogP contribution < -0.4 is 5.32 Å². The Balaban J connectivity index is 1.63. The van der Waals surface area contributed by atoms with Crippen molar-refractivity contribution in [2.45, 2.75) is 38.3 Å². The molecule has 0 radical (unpaired) electrons.